The summed E-state index contributed by atoms with van der Waals surface area (Å²) in [6.45, 7) is 32.7. The molecule has 5 aliphatic rings. The molecule has 15 rings (SSSR count). The molecule has 0 spiro atoms. The molecule has 0 saturated heterocycles. The number of hydrogen-bond acceptors (Lipinski definition) is 11. The van der Waals surface area contributed by atoms with Crippen LogP contribution in [0.1, 0.15) is 225 Å². The van der Waals surface area contributed by atoms with Crippen LogP contribution in [0.2, 0.25) is 30.3 Å². The molecule has 0 bridgehead atoms. The Kier molecular flexibility index (Phi) is 28.2. The number of rotatable bonds is 17. The molecule has 5 saturated carbocycles. The number of nitrogens with zero attached hydrogens (tertiary/aromatic N) is 5. The Morgan fingerprint density at radius 3 is 0.849 bits per heavy atom. The van der Waals surface area contributed by atoms with E-state index in [1.807, 2.05) is 63.2 Å². The van der Waals surface area contributed by atoms with Crippen molar-refractivity contribution in [3.63, 3.8) is 0 Å². The molecule has 5 aliphatic carbocycles. The fraction of sp³-hybridized carbons (Fsp3) is 0.412. The lowest BCUT2D eigenvalue weighted by Crippen LogP contribution is -2.42. The summed E-state index contributed by atoms with van der Waals surface area (Å²) in [5.41, 5.74) is 18.8. The number of pyridine rings is 5. The van der Waals surface area contributed by atoms with Gasteiger partial charge in [0.1, 0.15) is 51.0 Å². The van der Waals surface area contributed by atoms with Gasteiger partial charge in [-0.25, -0.2) is 46.9 Å². The molecule has 11 nitrogen and oxygen atoms in total. The van der Waals surface area contributed by atoms with E-state index in [0.717, 1.165) is 93.7 Å². The normalized spacial score (nSPS) is 24.8. The number of aliphatic hydroxyl groups is 5. The molecule has 7 N–H and O–H groups in total. The van der Waals surface area contributed by atoms with Crippen molar-refractivity contribution in [2.24, 2.45) is 23.5 Å². The summed E-state index contributed by atoms with van der Waals surface area (Å²) in [6, 6.07) is 42.9. The van der Waals surface area contributed by atoms with Crippen LogP contribution in [0.25, 0.3) is 61.9 Å². The minimum Gasteiger partial charge on any atom is -0.393 e. The molecule has 22 heteroatoms. The van der Waals surface area contributed by atoms with Gasteiger partial charge in [0.15, 0.2) is 0 Å². The molecule has 3 atom stereocenters. The van der Waals surface area contributed by atoms with E-state index in [2.05, 4.69) is 105 Å². The standard InChI is InChI=1S/C21H25ClFNO.C20H23ClFNO2.C20H21ClFN.C19H22ClFN2O2.C17H16Cl2FN/c1-5-21(4,25)19-10-15(20(3)11-13(2)12-20)9-18(24-19)14-6-7-17(23)16(22)8-14;1-4-20(3,25)18-9-13(19(2)10-14(24)11-19)8-17(23-18)12-5-6-16(22)15(21)7-12;1-12(2)18-8-15(20(4)10-13(3)11-20)9-19(23-18)14-5-6-17(22)16(21)7-14;1-18(8-13(24)9-18)12-6-16(11-3-4-15(21)14(20)5-11)23-17(7-12)19(2,25)10-22;1-10-8-17(2,9-10)12-6-15(21-16(19)7-12)11-3-4-14(20)13(18)5-11/h6-10,13,25H,5,11-12H2,1-4H3;5-9,14,24-25H,4,10-11H2,1-3H3;5-9,13H,1,10-11H2,2-4H3;3-7,13,24-25H,8-10,22H2,1-2H3;3-7,10H,8-9H2,1-2H3. The third kappa shape index (κ3) is 21.2. The van der Waals surface area contributed by atoms with Crippen LogP contribution in [0.5, 0.6) is 0 Å². The summed E-state index contributed by atoms with van der Waals surface area (Å²) < 4.78 is 67.2. The topological polar surface area (TPSA) is 192 Å². The highest BCUT2D eigenvalue weighted by atomic mass is 35.5. The first-order chi connectivity index (χ1) is 55.6. The van der Waals surface area contributed by atoms with E-state index in [4.69, 9.17) is 75.3 Å². The third-order valence-corrected chi connectivity index (χ3v) is 26.7. The summed E-state index contributed by atoms with van der Waals surface area (Å²) in [5, 5.41) is 52.3. The van der Waals surface area contributed by atoms with Crippen LogP contribution in [-0.2, 0) is 43.9 Å². The first-order valence-corrected chi connectivity index (χ1v) is 42.8. The summed E-state index contributed by atoms with van der Waals surface area (Å²) in [4.78, 5) is 22.9. The van der Waals surface area contributed by atoms with Gasteiger partial charge in [0.2, 0.25) is 0 Å². The van der Waals surface area contributed by atoms with Crippen molar-refractivity contribution in [1.29, 1.82) is 0 Å². The SMILES string of the molecule is C=C(C)c1cc(C2(C)CC(C)C2)cc(-c2ccc(F)c(Cl)c2)n1.CC(O)(CN)c1cc(C2(C)CC(O)C2)cc(-c2ccc(F)c(Cl)c2)n1.CC1CC(C)(c2cc(Cl)nc(-c3ccc(F)c(Cl)c3)c2)C1.CCC(C)(O)c1cc(C2(C)CC(C)C2)cc(-c2ccc(F)c(Cl)c2)n1.CCC(C)(O)c1cc(C2(C)CC(O)C2)cc(-c2ccc(F)c(Cl)c2)n1. The second-order valence-electron chi connectivity index (χ2n) is 36.2. The lowest BCUT2D eigenvalue weighted by Gasteiger charge is -2.45. The lowest BCUT2D eigenvalue weighted by molar-refractivity contribution is 0.0258. The molecule has 0 radical (unpaired) electrons. The van der Waals surface area contributed by atoms with Crippen molar-refractivity contribution in [3.05, 3.63) is 268 Å². The molecular weight excluding hydrogens is 1640 g/mol. The molecule has 5 aromatic heterocycles. The van der Waals surface area contributed by atoms with Crippen LogP contribution in [0, 0.1) is 46.8 Å². The van der Waals surface area contributed by atoms with E-state index in [9.17, 15) is 47.5 Å². The number of hydrogen-bond donors (Lipinski definition) is 6. The first-order valence-electron chi connectivity index (χ1n) is 40.6. The molecule has 10 aromatic rings. The average Bonchev–Trinajstić information content (AvgIpc) is 0.784. The van der Waals surface area contributed by atoms with Crippen molar-refractivity contribution in [3.8, 4) is 56.3 Å². The highest BCUT2D eigenvalue weighted by molar-refractivity contribution is 6.32. The number of aromatic nitrogens is 5. The van der Waals surface area contributed by atoms with Crippen LogP contribution in [-0.4, -0.2) is 69.2 Å². The minimum atomic E-state index is -1.28. The Balaban J connectivity index is 0.000000146. The van der Waals surface area contributed by atoms with Gasteiger partial charge < -0.3 is 31.3 Å². The fourth-order valence-corrected chi connectivity index (χ4v) is 18.6. The summed E-state index contributed by atoms with van der Waals surface area (Å²) in [6.07, 6.45) is 10.0. The molecule has 5 heterocycles. The lowest BCUT2D eigenvalue weighted by atomic mass is 9.60. The number of nitrogens with two attached hydrogens (primary N) is 1. The molecule has 632 valence electrons. The Morgan fingerprint density at radius 1 is 0.378 bits per heavy atom. The van der Waals surface area contributed by atoms with Gasteiger partial charge in [-0.1, -0.05) is 145 Å². The summed E-state index contributed by atoms with van der Waals surface area (Å²) in [7, 11) is 0. The van der Waals surface area contributed by atoms with Crippen molar-refractivity contribution in [2.45, 2.75) is 230 Å². The average molecular weight is 1740 g/mol. The number of halogens is 11. The number of benzene rings is 5. The van der Waals surface area contributed by atoms with Crippen molar-refractivity contribution in [2.75, 3.05) is 6.54 Å². The highest BCUT2D eigenvalue weighted by Gasteiger charge is 2.46. The Morgan fingerprint density at radius 2 is 0.613 bits per heavy atom. The van der Waals surface area contributed by atoms with Gasteiger partial charge >= 0.3 is 0 Å². The van der Waals surface area contributed by atoms with Gasteiger partial charge in [0, 0.05) is 34.4 Å². The molecule has 5 fully saturated rings. The van der Waals surface area contributed by atoms with E-state index in [1.165, 1.54) is 65.9 Å². The zero-order valence-corrected chi connectivity index (χ0v) is 74.5. The van der Waals surface area contributed by atoms with Gasteiger partial charge in [0.25, 0.3) is 0 Å². The predicted molar refractivity (Wildman–Crippen MR) is 474 cm³/mol. The van der Waals surface area contributed by atoms with E-state index in [1.54, 1.807) is 75.4 Å². The van der Waals surface area contributed by atoms with Crippen molar-refractivity contribution in [1.82, 2.24) is 24.9 Å². The maximum absolute atomic E-state index is 13.5. The second-order valence-corrected chi connectivity index (χ2v) is 38.6. The van der Waals surface area contributed by atoms with Crippen LogP contribution in [0.3, 0.4) is 0 Å². The van der Waals surface area contributed by atoms with Crippen LogP contribution in [0.15, 0.2) is 158 Å². The summed E-state index contributed by atoms with van der Waals surface area (Å²) in [5.74, 6) is -0.0508. The molecule has 0 aliphatic heterocycles. The zero-order valence-electron chi connectivity index (χ0n) is 69.9. The van der Waals surface area contributed by atoms with Gasteiger partial charge in [-0.3, -0.25) is 0 Å². The molecular formula is C97H107Cl6F5N6O5. The minimum absolute atomic E-state index is 0.0158. The Hall–Kier alpha value is -7.26. The van der Waals surface area contributed by atoms with Gasteiger partial charge in [-0.05, 0) is 335 Å². The number of aliphatic hydroxyl groups excluding tert-OH is 2. The third-order valence-electron chi connectivity index (χ3n) is 25.1. The van der Waals surface area contributed by atoms with E-state index in [0.29, 0.717) is 89.2 Å². The quantitative estimate of drug-likeness (QED) is 0.0376. The zero-order chi connectivity index (χ0) is 87.2. The van der Waals surface area contributed by atoms with Crippen LogP contribution >= 0.6 is 69.6 Å². The maximum atomic E-state index is 13.5. The fourth-order valence-electron chi connectivity index (χ4n) is 17.5. The highest BCUT2D eigenvalue weighted by Crippen LogP contribution is 2.53. The Labute approximate surface area is 727 Å². The van der Waals surface area contributed by atoms with Crippen LogP contribution < -0.4 is 5.73 Å². The van der Waals surface area contributed by atoms with Crippen molar-refractivity contribution < 1.29 is 47.5 Å². The predicted octanol–water partition coefficient (Wildman–Crippen LogP) is 25.7. The van der Waals surface area contributed by atoms with Crippen LogP contribution in [0.4, 0.5) is 22.0 Å². The maximum Gasteiger partial charge on any atom is 0.141 e. The monoisotopic (exact) mass is 1740 g/mol. The molecule has 5 aromatic carbocycles. The first kappa shape index (κ1) is 92.5. The second kappa shape index (κ2) is 36.3. The van der Waals surface area contributed by atoms with Gasteiger partial charge in [0.05, 0.1) is 88.6 Å². The van der Waals surface area contributed by atoms with Gasteiger partial charge in [-0.2, -0.15) is 0 Å². The van der Waals surface area contributed by atoms with Gasteiger partial charge in [-0.15, -0.1) is 0 Å². The largest absolute Gasteiger partial charge is 0.393 e. The smallest absolute Gasteiger partial charge is 0.141 e. The number of allylic oxidation sites excluding steroid dienone is 1. The van der Waals surface area contributed by atoms with E-state index >= 15 is 0 Å². The summed E-state index contributed by atoms with van der Waals surface area (Å²) >= 11 is 35.7. The Bertz CT molecular complexity index is 5080. The van der Waals surface area contributed by atoms with Crippen molar-refractivity contribution >= 4 is 75.2 Å². The van der Waals surface area contributed by atoms with E-state index in [-0.39, 0.29) is 70.9 Å². The molecule has 119 heavy (non-hydrogen) atoms. The molecule has 3 unspecified atom stereocenters. The molecule has 0 amide bonds. The van der Waals surface area contributed by atoms with E-state index < -0.39 is 45.9 Å².